The Morgan fingerprint density at radius 1 is 1.18 bits per heavy atom. The smallest absolute Gasteiger partial charge is 0.119 e. The van der Waals surface area contributed by atoms with E-state index in [1.54, 1.807) is 0 Å². The molecule has 22 heavy (non-hydrogen) atoms. The Balaban J connectivity index is 1.92. The second-order valence-electron chi connectivity index (χ2n) is 7.66. The van der Waals surface area contributed by atoms with E-state index in [0.29, 0.717) is 12.6 Å². The van der Waals surface area contributed by atoms with Crippen LogP contribution in [-0.2, 0) is 0 Å². The van der Waals surface area contributed by atoms with E-state index in [0.717, 1.165) is 11.7 Å². The fraction of sp³-hybridized carbons (Fsp3) is 0.684. The van der Waals surface area contributed by atoms with Crippen molar-refractivity contribution >= 4 is 0 Å². The van der Waals surface area contributed by atoms with Crippen LogP contribution in [0.1, 0.15) is 69.5 Å². The van der Waals surface area contributed by atoms with Gasteiger partial charge in [0.2, 0.25) is 0 Å². The zero-order valence-electron chi connectivity index (χ0n) is 14.1. The third kappa shape index (κ3) is 3.31. The number of benzene rings is 1. The molecule has 1 aromatic carbocycles. The molecule has 2 aliphatic rings. The van der Waals surface area contributed by atoms with E-state index in [-0.39, 0.29) is 12.1 Å². The third-order valence-electron chi connectivity index (χ3n) is 4.91. The SMILES string of the molecule is CC(C)(C)N1CCCC1c1cc(OCCO)ccc1C1CC1. The van der Waals surface area contributed by atoms with Gasteiger partial charge in [-0.3, -0.25) is 4.90 Å². The third-order valence-corrected chi connectivity index (χ3v) is 4.91. The van der Waals surface area contributed by atoms with Crippen molar-refractivity contribution < 1.29 is 9.84 Å². The first-order chi connectivity index (χ1) is 10.5. The highest BCUT2D eigenvalue weighted by Crippen LogP contribution is 2.47. The Labute approximate surface area is 134 Å². The summed E-state index contributed by atoms with van der Waals surface area (Å²) in [5, 5.41) is 8.98. The molecule has 2 fully saturated rings. The molecule has 1 saturated heterocycles. The van der Waals surface area contributed by atoms with Crippen molar-refractivity contribution in [3.63, 3.8) is 0 Å². The molecule has 0 spiro atoms. The maximum absolute atomic E-state index is 8.98. The molecular weight excluding hydrogens is 274 g/mol. The van der Waals surface area contributed by atoms with E-state index >= 15 is 0 Å². The standard InChI is InChI=1S/C19H29NO2/c1-19(2,3)20-10-4-5-18(20)17-13-15(22-12-11-21)8-9-16(17)14-6-7-14/h8-9,13-14,18,21H,4-7,10-12H2,1-3H3. The highest BCUT2D eigenvalue weighted by atomic mass is 16.5. The second kappa shape index (κ2) is 6.21. The normalized spacial score (nSPS) is 23.0. The summed E-state index contributed by atoms with van der Waals surface area (Å²) in [4.78, 5) is 2.64. The predicted molar refractivity (Wildman–Crippen MR) is 89.4 cm³/mol. The topological polar surface area (TPSA) is 32.7 Å². The lowest BCUT2D eigenvalue weighted by Gasteiger charge is -2.38. The minimum Gasteiger partial charge on any atom is -0.491 e. The van der Waals surface area contributed by atoms with Crippen molar-refractivity contribution in [3.8, 4) is 5.75 Å². The molecule has 1 unspecified atom stereocenters. The summed E-state index contributed by atoms with van der Waals surface area (Å²) in [6, 6.07) is 7.08. The molecule has 1 heterocycles. The molecule has 1 aliphatic carbocycles. The number of aliphatic hydroxyl groups is 1. The van der Waals surface area contributed by atoms with Crippen LogP contribution in [0.25, 0.3) is 0 Å². The fourth-order valence-corrected chi connectivity index (χ4v) is 3.75. The Bertz CT molecular complexity index is 517. The Morgan fingerprint density at radius 3 is 2.59 bits per heavy atom. The molecule has 122 valence electrons. The van der Waals surface area contributed by atoms with E-state index in [9.17, 15) is 0 Å². The minimum absolute atomic E-state index is 0.0667. The van der Waals surface area contributed by atoms with E-state index in [1.807, 2.05) is 0 Å². The van der Waals surface area contributed by atoms with Crippen LogP contribution in [0.3, 0.4) is 0 Å². The number of rotatable bonds is 5. The molecule has 3 rings (SSSR count). The monoisotopic (exact) mass is 303 g/mol. The summed E-state index contributed by atoms with van der Waals surface area (Å²) in [5.74, 6) is 1.65. The zero-order valence-corrected chi connectivity index (χ0v) is 14.1. The fourth-order valence-electron chi connectivity index (χ4n) is 3.75. The molecule has 1 N–H and O–H groups in total. The van der Waals surface area contributed by atoms with E-state index in [1.165, 1.54) is 43.4 Å². The van der Waals surface area contributed by atoms with Crippen molar-refractivity contribution in [2.75, 3.05) is 19.8 Å². The van der Waals surface area contributed by atoms with Crippen LogP contribution < -0.4 is 4.74 Å². The van der Waals surface area contributed by atoms with Gasteiger partial charge in [-0.15, -0.1) is 0 Å². The van der Waals surface area contributed by atoms with Crippen LogP contribution in [0.2, 0.25) is 0 Å². The second-order valence-corrected chi connectivity index (χ2v) is 7.66. The number of ether oxygens (including phenoxy) is 1. The molecule has 0 aromatic heterocycles. The van der Waals surface area contributed by atoms with Crippen LogP contribution in [-0.4, -0.2) is 35.3 Å². The number of aliphatic hydroxyl groups excluding tert-OH is 1. The molecule has 0 radical (unpaired) electrons. The molecule has 3 heteroatoms. The van der Waals surface area contributed by atoms with E-state index in [4.69, 9.17) is 9.84 Å². The summed E-state index contributed by atoms with van der Waals surface area (Å²) < 4.78 is 5.66. The molecule has 0 bridgehead atoms. The predicted octanol–water partition coefficient (Wildman–Crippen LogP) is 3.87. The lowest BCUT2D eigenvalue weighted by atomic mass is 9.93. The van der Waals surface area contributed by atoms with Gasteiger partial charge in [-0.25, -0.2) is 0 Å². The molecule has 1 atom stereocenters. The molecule has 1 saturated carbocycles. The van der Waals surface area contributed by atoms with Gasteiger partial charge in [0, 0.05) is 11.6 Å². The largest absolute Gasteiger partial charge is 0.491 e. The van der Waals surface area contributed by atoms with Gasteiger partial charge in [0.1, 0.15) is 12.4 Å². The van der Waals surface area contributed by atoms with E-state index in [2.05, 4.69) is 43.9 Å². The number of likely N-dealkylation sites (tertiary alicyclic amines) is 1. The molecule has 1 aromatic rings. The maximum Gasteiger partial charge on any atom is 0.119 e. The van der Waals surface area contributed by atoms with Gasteiger partial charge in [0.05, 0.1) is 6.61 Å². The first-order valence-corrected chi connectivity index (χ1v) is 8.65. The number of hydrogen-bond acceptors (Lipinski definition) is 3. The highest BCUT2D eigenvalue weighted by Gasteiger charge is 2.37. The number of hydrogen-bond donors (Lipinski definition) is 1. The first kappa shape index (κ1) is 15.8. The summed E-state index contributed by atoms with van der Waals surface area (Å²) in [6.45, 7) is 8.56. The highest BCUT2D eigenvalue weighted by molar-refractivity contribution is 5.42. The van der Waals surface area contributed by atoms with Crippen LogP contribution in [0.5, 0.6) is 5.75 Å². The van der Waals surface area contributed by atoms with Crippen molar-refractivity contribution in [1.82, 2.24) is 4.90 Å². The van der Waals surface area contributed by atoms with Gasteiger partial charge >= 0.3 is 0 Å². The summed E-state index contributed by atoms with van der Waals surface area (Å²) in [5.41, 5.74) is 3.19. The van der Waals surface area contributed by atoms with E-state index < -0.39 is 0 Å². The summed E-state index contributed by atoms with van der Waals surface area (Å²) in [7, 11) is 0. The van der Waals surface area contributed by atoms with Crippen LogP contribution in [0.4, 0.5) is 0 Å². The van der Waals surface area contributed by atoms with Crippen LogP contribution in [0.15, 0.2) is 18.2 Å². The Hall–Kier alpha value is -1.06. The van der Waals surface area contributed by atoms with Gasteiger partial charge in [-0.1, -0.05) is 6.07 Å². The van der Waals surface area contributed by atoms with Crippen molar-refractivity contribution in [2.45, 2.75) is 64.0 Å². The average Bonchev–Trinajstić information content (AvgIpc) is 3.19. The summed E-state index contributed by atoms with van der Waals surface area (Å²) >= 11 is 0. The maximum atomic E-state index is 8.98. The first-order valence-electron chi connectivity index (χ1n) is 8.65. The van der Waals surface area contributed by atoms with Crippen molar-refractivity contribution in [2.24, 2.45) is 0 Å². The quantitative estimate of drug-likeness (QED) is 0.896. The van der Waals surface area contributed by atoms with Crippen molar-refractivity contribution in [1.29, 1.82) is 0 Å². The molecule has 1 aliphatic heterocycles. The zero-order chi connectivity index (χ0) is 15.7. The van der Waals surface area contributed by atoms with Gasteiger partial charge in [-0.05, 0) is 82.2 Å². The Morgan fingerprint density at radius 2 is 1.95 bits per heavy atom. The lowest BCUT2D eigenvalue weighted by Crippen LogP contribution is -2.40. The van der Waals surface area contributed by atoms with Gasteiger partial charge in [0.25, 0.3) is 0 Å². The minimum atomic E-state index is 0.0667. The number of nitrogens with zero attached hydrogens (tertiary/aromatic N) is 1. The summed E-state index contributed by atoms with van der Waals surface area (Å²) in [6.07, 6.45) is 5.16. The molecule has 0 amide bonds. The lowest BCUT2D eigenvalue weighted by molar-refractivity contribution is 0.121. The van der Waals surface area contributed by atoms with Gasteiger partial charge in [-0.2, -0.15) is 0 Å². The van der Waals surface area contributed by atoms with Crippen LogP contribution >= 0.6 is 0 Å². The van der Waals surface area contributed by atoms with Gasteiger partial charge in [0.15, 0.2) is 0 Å². The Kier molecular flexibility index (Phi) is 4.47. The average molecular weight is 303 g/mol. The molecular formula is C19H29NO2. The van der Waals surface area contributed by atoms with Gasteiger partial charge < -0.3 is 9.84 Å². The molecule has 3 nitrogen and oxygen atoms in total. The van der Waals surface area contributed by atoms with Crippen molar-refractivity contribution in [3.05, 3.63) is 29.3 Å². The van der Waals surface area contributed by atoms with Crippen LogP contribution in [0, 0.1) is 0 Å².